The molecule has 2 aliphatic rings. The van der Waals surface area contributed by atoms with Crippen molar-refractivity contribution in [3.63, 3.8) is 0 Å². The molecule has 1 atom stereocenters. The molecule has 0 bridgehead atoms. The molecule has 0 aromatic heterocycles. The number of benzene rings is 1. The summed E-state index contributed by atoms with van der Waals surface area (Å²) in [6, 6.07) is 5.39. The van der Waals surface area contributed by atoms with E-state index in [9.17, 15) is 17.6 Å². The maximum absolute atomic E-state index is 13.9. The highest BCUT2D eigenvalue weighted by Gasteiger charge is 2.33. The van der Waals surface area contributed by atoms with Crippen LogP contribution < -0.4 is 5.32 Å². The molecule has 1 aliphatic heterocycles. The van der Waals surface area contributed by atoms with Gasteiger partial charge in [0.05, 0.1) is 6.04 Å². The lowest BCUT2D eigenvalue weighted by molar-refractivity contribution is -0.127. The summed E-state index contributed by atoms with van der Waals surface area (Å²) in [5.41, 5.74) is 0. The number of amides is 1. The van der Waals surface area contributed by atoms with Crippen molar-refractivity contribution in [2.75, 3.05) is 26.2 Å². The van der Waals surface area contributed by atoms with Crippen LogP contribution in [0, 0.1) is 5.82 Å². The molecule has 1 N–H and O–H groups in total. The van der Waals surface area contributed by atoms with Gasteiger partial charge in [0.1, 0.15) is 10.7 Å². The van der Waals surface area contributed by atoms with Gasteiger partial charge in [-0.1, -0.05) is 37.8 Å². The maximum atomic E-state index is 13.9. The molecule has 1 saturated carbocycles. The van der Waals surface area contributed by atoms with Crippen molar-refractivity contribution in [1.82, 2.24) is 14.5 Å². The molecule has 1 saturated heterocycles. The van der Waals surface area contributed by atoms with E-state index in [0.717, 1.165) is 31.7 Å². The third-order valence-electron chi connectivity index (χ3n) is 5.86. The summed E-state index contributed by atoms with van der Waals surface area (Å²) in [5, 5.41) is 3.17. The number of hydrogen-bond acceptors (Lipinski definition) is 4. The lowest BCUT2D eigenvalue weighted by atomic mass is 10.1. The number of nitrogens with zero attached hydrogens (tertiary/aromatic N) is 2. The highest BCUT2D eigenvalue weighted by atomic mass is 32.2. The number of hydrogen-bond donors (Lipinski definition) is 1. The standard InChI is InChI=1S/C20H30FN3O3S/c1-16(20(25)22-17-8-4-2-3-5-9-17)23-12-14-24(15-13-23)28(26,27)19-11-7-6-10-18(19)21/h6-7,10-11,16-17H,2-5,8-9,12-15H2,1H3,(H,22,25)/t16-/m0/s1. The summed E-state index contributed by atoms with van der Waals surface area (Å²) in [6.07, 6.45) is 6.86. The van der Waals surface area contributed by atoms with Gasteiger partial charge in [-0.2, -0.15) is 4.31 Å². The van der Waals surface area contributed by atoms with Gasteiger partial charge in [0.2, 0.25) is 15.9 Å². The number of piperazine rings is 1. The van der Waals surface area contributed by atoms with Gasteiger partial charge < -0.3 is 5.32 Å². The summed E-state index contributed by atoms with van der Waals surface area (Å²) < 4.78 is 40.6. The van der Waals surface area contributed by atoms with E-state index < -0.39 is 15.8 Å². The lowest BCUT2D eigenvalue weighted by Gasteiger charge is -2.37. The smallest absolute Gasteiger partial charge is 0.246 e. The molecule has 8 heteroatoms. The van der Waals surface area contributed by atoms with Crippen molar-refractivity contribution in [3.05, 3.63) is 30.1 Å². The minimum absolute atomic E-state index is 0.0114. The van der Waals surface area contributed by atoms with Gasteiger partial charge in [0.25, 0.3) is 0 Å². The Labute approximate surface area is 167 Å². The molecule has 1 aliphatic carbocycles. The van der Waals surface area contributed by atoms with Gasteiger partial charge in [-0.3, -0.25) is 9.69 Å². The fourth-order valence-corrected chi connectivity index (χ4v) is 5.52. The van der Waals surface area contributed by atoms with E-state index in [1.807, 2.05) is 11.8 Å². The molecular weight excluding hydrogens is 381 g/mol. The molecule has 6 nitrogen and oxygen atoms in total. The Morgan fingerprint density at radius 2 is 1.68 bits per heavy atom. The quantitative estimate of drug-likeness (QED) is 0.756. The molecule has 1 aromatic carbocycles. The van der Waals surface area contributed by atoms with Gasteiger partial charge >= 0.3 is 0 Å². The van der Waals surface area contributed by atoms with E-state index in [2.05, 4.69) is 5.32 Å². The average Bonchev–Trinajstić information content (AvgIpc) is 2.96. The summed E-state index contributed by atoms with van der Waals surface area (Å²) in [7, 11) is -3.86. The second-order valence-electron chi connectivity index (χ2n) is 7.74. The first kappa shape index (κ1) is 21.2. The third-order valence-corrected chi connectivity index (χ3v) is 7.79. The number of carbonyl (C=O) groups excluding carboxylic acids is 1. The number of carbonyl (C=O) groups is 1. The van der Waals surface area contributed by atoms with Crippen molar-refractivity contribution >= 4 is 15.9 Å². The minimum atomic E-state index is -3.86. The minimum Gasteiger partial charge on any atom is -0.352 e. The molecule has 0 unspecified atom stereocenters. The zero-order chi connectivity index (χ0) is 20.1. The van der Waals surface area contributed by atoms with E-state index in [1.54, 1.807) is 0 Å². The van der Waals surface area contributed by atoms with E-state index in [1.165, 1.54) is 35.3 Å². The molecule has 0 spiro atoms. The Kier molecular flexibility index (Phi) is 7.06. The van der Waals surface area contributed by atoms with E-state index >= 15 is 0 Å². The summed E-state index contributed by atoms with van der Waals surface area (Å²) in [4.78, 5) is 14.3. The molecule has 2 fully saturated rings. The number of rotatable bonds is 5. The molecule has 28 heavy (non-hydrogen) atoms. The molecule has 0 radical (unpaired) electrons. The van der Waals surface area contributed by atoms with Crippen LogP contribution in [-0.4, -0.2) is 61.8 Å². The number of nitrogens with one attached hydrogen (secondary N) is 1. The largest absolute Gasteiger partial charge is 0.352 e. The van der Waals surface area contributed by atoms with Crippen LogP contribution in [0.1, 0.15) is 45.4 Å². The zero-order valence-electron chi connectivity index (χ0n) is 16.4. The second-order valence-corrected chi connectivity index (χ2v) is 9.65. The number of sulfonamides is 1. The lowest BCUT2D eigenvalue weighted by Crippen LogP contribution is -2.55. The fourth-order valence-electron chi connectivity index (χ4n) is 4.04. The predicted molar refractivity (Wildman–Crippen MR) is 106 cm³/mol. The van der Waals surface area contributed by atoms with Crippen LogP contribution in [-0.2, 0) is 14.8 Å². The zero-order valence-corrected chi connectivity index (χ0v) is 17.3. The third kappa shape index (κ3) is 4.90. The first-order chi connectivity index (χ1) is 13.4. The molecule has 3 rings (SSSR count). The summed E-state index contributed by atoms with van der Waals surface area (Å²) in [5.74, 6) is -0.724. The second kappa shape index (κ2) is 9.33. The summed E-state index contributed by atoms with van der Waals surface area (Å²) >= 11 is 0. The molecule has 1 aromatic rings. The van der Waals surface area contributed by atoms with Crippen molar-refractivity contribution < 1.29 is 17.6 Å². The van der Waals surface area contributed by atoms with Crippen LogP contribution in [0.2, 0.25) is 0 Å². The van der Waals surface area contributed by atoms with Crippen molar-refractivity contribution in [2.24, 2.45) is 0 Å². The van der Waals surface area contributed by atoms with Crippen LogP contribution in [0.5, 0.6) is 0 Å². The van der Waals surface area contributed by atoms with Crippen LogP contribution >= 0.6 is 0 Å². The first-order valence-corrected chi connectivity index (χ1v) is 11.6. The maximum Gasteiger partial charge on any atom is 0.246 e. The molecule has 1 amide bonds. The Bertz CT molecular complexity index is 771. The van der Waals surface area contributed by atoms with Gasteiger partial charge in [-0.05, 0) is 31.9 Å². The van der Waals surface area contributed by atoms with Crippen LogP contribution in [0.3, 0.4) is 0 Å². The highest BCUT2D eigenvalue weighted by molar-refractivity contribution is 7.89. The van der Waals surface area contributed by atoms with E-state index in [0.29, 0.717) is 13.1 Å². The van der Waals surface area contributed by atoms with Gasteiger partial charge in [0, 0.05) is 32.2 Å². The molecule has 1 heterocycles. The summed E-state index contributed by atoms with van der Waals surface area (Å²) in [6.45, 7) is 3.27. The molecular formula is C20H30FN3O3S. The monoisotopic (exact) mass is 411 g/mol. The highest BCUT2D eigenvalue weighted by Crippen LogP contribution is 2.21. The SMILES string of the molecule is C[C@@H](C(=O)NC1CCCCCC1)N1CCN(S(=O)(=O)c2ccccc2F)CC1. The van der Waals surface area contributed by atoms with Gasteiger partial charge in [0.15, 0.2) is 0 Å². The van der Waals surface area contributed by atoms with Gasteiger partial charge in [-0.25, -0.2) is 12.8 Å². The van der Waals surface area contributed by atoms with Crippen LogP contribution in [0.4, 0.5) is 4.39 Å². The predicted octanol–water partition coefficient (Wildman–Crippen LogP) is 2.36. The normalized spacial score (nSPS) is 21.8. The van der Waals surface area contributed by atoms with Crippen molar-refractivity contribution in [3.8, 4) is 0 Å². The van der Waals surface area contributed by atoms with Gasteiger partial charge in [-0.15, -0.1) is 0 Å². The first-order valence-electron chi connectivity index (χ1n) is 10.2. The van der Waals surface area contributed by atoms with Crippen molar-refractivity contribution in [1.29, 1.82) is 0 Å². The van der Waals surface area contributed by atoms with E-state index in [4.69, 9.17) is 0 Å². The fraction of sp³-hybridized carbons (Fsp3) is 0.650. The molecule has 156 valence electrons. The van der Waals surface area contributed by atoms with E-state index in [-0.39, 0.29) is 36.0 Å². The number of halogens is 1. The Hall–Kier alpha value is -1.51. The van der Waals surface area contributed by atoms with Crippen LogP contribution in [0.25, 0.3) is 0 Å². The topological polar surface area (TPSA) is 69.7 Å². The Morgan fingerprint density at radius 3 is 2.29 bits per heavy atom. The average molecular weight is 412 g/mol. The Morgan fingerprint density at radius 1 is 1.07 bits per heavy atom. The Balaban J connectivity index is 1.55. The van der Waals surface area contributed by atoms with Crippen LogP contribution in [0.15, 0.2) is 29.2 Å². The van der Waals surface area contributed by atoms with Crippen molar-refractivity contribution in [2.45, 2.75) is 62.4 Å².